The fraction of sp³-hybridized carbons (Fsp3) is 0.500. The topological polar surface area (TPSA) is 87.9 Å². The molecule has 1 rings (SSSR count). The number of benzene rings is 1. The summed E-state index contributed by atoms with van der Waals surface area (Å²) in [6.45, 7) is -7.93. The first-order valence-electron chi connectivity index (χ1n) is 7.58. The van der Waals surface area contributed by atoms with Gasteiger partial charge in [-0.25, -0.2) is 0 Å². The Hall–Kier alpha value is -1.75. The minimum absolute atomic E-state index is 0. The first kappa shape index (κ1) is 25.2. The summed E-state index contributed by atoms with van der Waals surface area (Å²) in [4.78, 5) is 24.0. The first-order chi connectivity index (χ1) is 12.3. The number of halogens is 5. The van der Waals surface area contributed by atoms with Gasteiger partial charge in [-0.05, 0) is 5.56 Å². The number of rotatable bonds is 12. The van der Waals surface area contributed by atoms with Crippen LogP contribution in [0.25, 0.3) is 0 Å². The van der Waals surface area contributed by atoms with Gasteiger partial charge < -0.3 is 19.9 Å². The van der Waals surface area contributed by atoms with E-state index in [0.29, 0.717) is 5.56 Å². The van der Waals surface area contributed by atoms with Crippen LogP contribution in [0.4, 0.5) is 17.6 Å². The zero-order valence-corrected chi connectivity index (χ0v) is 14.9. The van der Waals surface area contributed by atoms with Crippen LogP contribution in [0, 0.1) is 5.92 Å². The lowest BCUT2D eigenvalue weighted by Crippen LogP contribution is -2.39. The number of ketones is 1. The van der Waals surface area contributed by atoms with Crippen molar-refractivity contribution in [2.45, 2.75) is 32.3 Å². The summed E-state index contributed by atoms with van der Waals surface area (Å²) in [6.07, 6.45) is -0.603. The van der Waals surface area contributed by atoms with E-state index in [2.05, 4.69) is 9.47 Å². The van der Waals surface area contributed by atoms with Gasteiger partial charge in [0.1, 0.15) is 6.61 Å². The lowest BCUT2D eigenvalue weighted by atomic mass is 10.00. The van der Waals surface area contributed by atoms with Crippen molar-refractivity contribution in [1.29, 1.82) is 0 Å². The van der Waals surface area contributed by atoms with Gasteiger partial charge in [0.2, 0.25) is 0 Å². The molecular weight excluding hydrogens is 398 g/mol. The minimum atomic E-state index is -3.15. The van der Waals surface area contributed by atoms with E-state index in [4.69, 9.17) is 10.5 Å². The molecule has 0 fully saturated rings. The van der Waals surface area contributed by atoms with Crippen LogP contribution in [0.2, 0.25) is 0 Å². The maximum Gasteiger partial charge on any atom is 0.345 e. The highest BCUT2D eigenvalue weighted by molar-refractivity contribution is 5.88. The molecule has 0 aliphatic rings. The zero-order chi connectivity index (χ0) is 19.5. The number of carbonyl (C=O) groups excluding carboxylic acids is 2. The monoisotopic (exact) mass is 417 g/mol. The van der Waals surface area contributed by atoms with E-state index >= 15 is 0 Å². The number of ether oxygens (including phenoxy) is 3. The molecular formula is C16H20ClF4NO5. The molecule has 1 aromatic carbocycles. The van der Waals surface area contributed by atoms with Crippen molar-refractivity contribution in [3.63, 3.8) is 0 Å². The Kier molecular flexibility index (Phi) is 12.6. The van der Waals surface area contributed by atoms with Crippen LogP contribution < -0.4 is 5.73 Å². The normalized spacial score (nSPS) is 13.1. The molecule has 0 aliphatic heterocycles. The molecule has 0 heterocycles. The van der Waals surface area contributed by atoms with Gasteiger partial charge in [-0.1, -0.05) is 30.3 Å². The smallest absolute Gasteiger partial charge is 0.345 e. The molecule has 2 atom stereocenters. The summed E-state index contributed by atoms with van der Waals surface area (Å²) in [5.41, 5.74) is 6.04. The van der Waals surface area contributed by atoms with Crippen molar-refractivity contribution in [3.05, 3.63) is 35.9 Å². The molecule has 0 aliphatic carbocycles. The summed E-state index contributed by atoms with van der Waals surface area (Å²) >= 11 is 0. The van der Waals surface area contributed by atoms with Crippen molar-refractivity contribution in [1.82, 2.24) is 0 Å². The summed E-state index contributed by atoms with van der Waals surface area (Å²) in [5, 5.41) is 0. The van der Waals surface area contributed by atoms with Gasteiger partial charge in [0.05, 0.1) is 25.2 Å². The van der Waals surface area contributed by atoms with Gasteiger partial charge in [-0.3, -0.25) is 9.59 Å². The van der Waals surface area contributed by atoms with Crippen molar-refractivity contribution in [2.75, 3.05) is 13.2 Å². The van der Waals surface area contributed by atoms with E-state index in [9.17, 15) is 27.2 Å². The molecule has 0 bridgehead atoms. The average molecular weight is 418 g/mol. The number of hydrogen-bond acceptors (Lipinski definition) is 6. The number of carbonyl (C=O) groups is 2. The Morgan fingerprint density at radius 1 is 0.963 bits per heavy atom. The van der Waals surface area contributed by atoms with Crippen molar-refractivity contribution >= 4 is 24.2 Å². The van der Waals surface area contributed by atoms with Crippen molar-refractivity contribution in [3.8, 4) is 0 Å². The highest BCUT2D eigenvalue weighted by Gasteiger charge is 2.28. The minimum Gasteiger partial charge on any atom is -0.461 e. The quantitative estimate of drug-likeness (QED) is 0.415. The van der Waals surface area contributed by atoms with Crippen LogP contribution in [0.5, 0.6) is 0 Å². The Morgan fingerprint density at radius 2 is 1.52 bits per heavy atom. The van der Waals surface area contributed by atoms with Gasteiger partial charge in [0.25, 0.3) is 0 Å². The highest BCUT2D eigenvalue weighted by Crippen LogP contribution is 2.13. The SMILES string of the molecule is Cl.N[C@@H](COC(F)F)C(=O)C[C@@H](COC(F)F)C(=O)OCc1ccccc1. The second-order valence-corrected chi connectivity index (χ2v) is 5.26. The summed E-state index contributed by atoms with van der Waals surface area (Å²) in [5.74, 6) is -3.10. The third kappa shape index (κ3) is 10.9. The standard InChI is InChI=1S/C16H19F4NO5.ClH/c17-15(18)25-8-11(6-13(22)12(21)9-26-16(19)20)14(23)24-7-10-4-2-1-3-5-10;/h1-5,11-12,15-16H,6-9,21H2;1H/t11-,12-;/m0./s1. The molecule has 6 nitrogen and oxygen atoms in total. The number of hydrogen-bond donors (Lipinski definition) is 1. The lowest BCUT2D eigenvalue weighted by molar-refractivity contribution is -0.167. The Bertz CT molecular complexity index is 565. The second-order valence-electron chi connectivity index (χ2n) is 5.26. The molecule has 2 N–H and O–H groups in total. The third-order valence-electron chi connectivity index (χ3n) is 3.24. The number of esters is 1. The fourth-order valence-corrected chi connectivity index (χ4v) is 1.91. The molecule has 1 aromatic rings. The van der Waals surface area contributed by atoms with Crippen LogP contribution in [0.15, 0.2) is 30.3 Å². The molecule has 0 radical (unpaired) electrons. The van der Waals surface area contributed by atoms with Gasteiger partial charge in [0.15, 0.2) is 5.78 Å². The lowest BCUT2D eigenvalue weighted by Gasteiger charge is -2.18. The number of alkyl halides is 4. The predicted molar refractivity (Wildman–Crippen MR) is 88.5 cm³/mol. The van der Waals surface area contributed by atoms with E-state index in [-0.39, 0.29) is 19.0 Å². The number of Topliss-reactive ketones (excluding diaryl/α,β-unsaturated/α-hetero) is 1. The van der Waals surface area contributed by atoms with E-state index in [1.54, 1.807) is 30.3 Å². The molecule has 154 valence electrons. The maximum absolute atomic E-state index is 12.2. The fourth-order valence-electron chi connectivity index (χ4n) is 1.91. The van der Waals surface area contributed by atoms with Gasteiger partial charge in [0, 0.05) is 6.42 Å². The summed E-state index contributed by atoms with van der Waals surface area (Å²) in [7, 11) is 0. The van der Waals surface area contributed by atoms with E-state index in [0.717, 1.165) is 0 Å². The van der Waals surface area contributed by atoms with Crippen molar-refractivity contribution in [2.24, 2.45) is 11.7 Å². The van der Waals surface area contributed by atoms with Crippen LogP contribution in [-0.2, 0) is 30.4 Å². The zero-order valence-electron chi connectivity index (χ0n) is 14.1. The molecule has 11 heteroatoms. The maximum atomic E-state index is 12.2. The molecule has 0 aromatic heterocycles. The summed E-state index contributed by atoms with van der Waals surface area (Å²) in [6, 6.07) is 7.12. The van der Waals surface area contributed by atoms with Crippen LogP contribution >= 0.6 is 12.4 Å². The second kappa shape index (κ2) is 13.4. The van der Waals surface area contributed by atoms with Crippen LogP contribution in [0.3, 0.4) is 0 Å². The van der Waals surface area contributed by atoms with Gasteiger partial charge in [-0.15, -0.1) is 12.4 Å². The van der Waals surface area contributed by atoms with E-state index in [1.165, 1.54) is 0 Å². The third-order valence-corrected chi connectivity index (χ3v) is 3.24. The molecule has 0 saturated heterocycles. The number of nitrogens with two attached hydrogens (primary N) is 1. The molecule has 0 unspecified atom stereocenters. The van der Waals surface area contributed by atoms with E-state index in [1.807, 2.05) is 0 Å². The molecule has 0 amide bonds. The van der Waals surface area contributed by atoms with Gasteiger partial charge in [-0.2, -0.15) is 17.6 Å². The Morgan fingerprint density at radius 3 is 2.07 bits per heavy atom. The van der Waals surface area contributed by atoms with Crippen LogP contribution in [-0.4, -0.2) is 44.2 Å². The van der Waals surface area contributed by atoms with E-state index < -0.39 is 56.6 Å². The van der Waals surface area contributed by atoms with Crippen LogP contribution in [0.1, 0.15) is 12.0 Å². The summed E-state index contributed by atoms with van der Waals surface area (Å²) < 4.78 is 61.4. The predicted octanol–water partition coefficient (Wildman–Crippen LogP) is 2.53. The molecule has 27 heavy (non-hydrogen) atoms. The largest absolute Gasteiger partial charge is 0.461 e. The molecule has 0 saturated carbocycles. The molecule has 0 spiro atoms. The average Bonchev–Trinajstić information content (AvgIpc) is 2.61. The Labute approximate surface area is 159 Å². The van der Waals surface area contributed by atoms with Gasteiger partial charge >= 0.3 is 19.2 Å². The van der Waals surface area contributed by atoms with Crippen molar-refractivity contribution < 1.29 is 41.4 Å². The first-order valence-corrected chi connectivity index (χ1v) is 7.58. The Balaban J connectivity index is 0.00000676. The highest BCUT2D eigenvalue weighted by atomic mass is 35.5.